The Balaban J connectivity index is 1.60. The van der Waals surface area contributed by atoms with Crippen molar-refractivity contribution in [1.29, 1.82) is 0 Å². The fourth-order valence-electron chi connectivity index (χ4n) is 2.99. The maximum Gasteiger partial charge on any atom is 0.407 e. The van der Waals surface area contributed by atoms with E-state index in [1.165, 1.54) is 0 Å². The zero-order valence-corrected chi connectivity index (χ0v) is 14.9. The zero-order chi connectivity index (χ0) is 17.9. The molecule has 0 saturated heterocycles. The van der Waals surface area contributed by atoms with Gasteiger partial charge >= 0.3 is 6.09 Å². The lowest BCUT2D eigenvalue weighted by Crippen LogP contribution is -2.45. The van der Waals surface area contributed by atoms with Crippen LogP contribution >= 0.6 is 0 Å². The van der Waals surface area contributed by atoms with Gasteiger partial charge in [-0.05, 0) is 52.2 Å². The van der Waals surface area contributed by atoms with Crippen LogP contribution < -0.4 is 10.6 Å². The molecule has 2 atom stereocenters. The van der Waals surface area contributed by atoms with Crippen molar-refractivity contribution in [3.05, 3.63) is 36.8 Å². The lowest BCUT2D eigenvalue weighted by molar-refractivity contribution is 0.0503. The lowest BCUT2D eigenvalue weighted by Gasteiger charge is -2.25. The molecule has 0 bridgehead atoms. The van der Waals surface area contributed by atoms with E-state index < -0.39 is 5.60 Å². The molecule has 2 heterocycles. The number of nitrogens with one attached hydrogen (secondary N) is 2. The topological polar surface area (TPSA) is 81.1 Å². The highest BCUT2D eigenvalue weighted by atomic mass is 16.6. The summed E-state index contributed by atoms with van der Waals surface area (Å²) in [6.07, 6.45) is 8.05. The van der Waals surface area contributed by atoms with Gasteiger partial charge in [0.15, 0.2) is 5.82 Å². The number of amides is 1. The highest BCUT2D eigenvalue weighted by molar-refractivity contribution is 5.68. The van der Waals surface area contributed by atoms with E-state index in [4.69, 9.17) is 4.74 Å². The number of aromatic nitrogens is 3. The number of nitrogens with zero attached hydrogens (tertiary/aromatic N) is 3. The predicted octanol–water partition coefficient (Wildman–Crippen LogP) is 3.13. The Kier molecular flexibility index (Phi) is 4.92. The van der Waals surface area contributed by atoms with Gasteiger partial charge in [0, 0.05) is 12.2 Å². The molecule has 1 aliphatic carbocycles. The monoisotopic (exact) mass is 343 g/mol. The number of rotatable bonds is 4. The van der Waals surface area contributed by atoms with Gasteiger partial charge in [0.1, 0.15) is 5.60 Å². The summed E-state index contributed by atoms with van der Waals surface area (Å²) in [6, 6.07) is 5.91. The maximum atomic E-state index is 12.0. The maximum absolute atomic E-state index is 12.0. The predicted molar refractivity (Wildman–Crippen MR) is 95.8 cm³/mol. The Morgan fingerprint density at radius 2 is 2.08 bits per heavy atom. The van der Waals surface area contributed by atoms with E-state index in [2.05, 4.69) is 20.7 Å². The highest BCUT2D eigenvalue weighted by Gasteiger charge is 2.30. The molecular weight excluding hydrogens is 318 g/mol. The third-order valence-electron chi connectivity index (χ3n) is 4.04. The van der Waals surface area contributed by atoms with Gasteiger partial charge in [-0.25, -0.2) is 14.5 Å². The van der Waals surface area contributed by atoms with Crippen LogP contribution in [0.1, 0.15) is 40.0 Å². The quantitative estimate of drug-likeness (QED) is 0.891. The SMILES string of the molecule is CC(C)(C)OC(=O)NC1CCCC1Nc1cnn(-c2ccccn2)c1. The molecule has 1 saturated carbocycles. The van der Waals surface area contributed by atoms with Gasteiger partial charge in [0.25, 0.3) is 0 Å². The molecule has 2 aromatic heterocycles. The molecular formula is C18H25N5O2. The summed E-state index contributed by atoms with van der Waals surface area (Å²) in [5.74, 6) is 0.769. The average Bonchev–Trinajstić information content (AvgIpc) is 3.17. The van der Waals surface area contributed by atoms with Crippen LogP contribution in [-0.2, 0) is 4.74 Å². The molecule has 0 spiro atoms. The van der Waals surface area contributed by atoms with E-state index in [1.807, 2.05) is 45.2 Å². The summed E-state index contributed by atoms with van der Waals surface area (Å²) in [5, 5.41) is 10.8. The van der Waals surface area contributed by atoms with Gasteiger partial charge in [-0.3, -0.25) is 0 Å². The van der Waals surface area contributed by atoms with E-state index in [1.54, 1.807) is 17.1 Å². The Hall–Kier alpha value is -2.57. The number of anilines is 1. The molecule has 1 fully saturated rings. The van der Waals surface area contributed by atoms with Crippen LogP contribution in [0.2, 0.25) is 0 Å². The second-order valence-corrected chi connectivity index (χ2v) is 7.30. The van der Waals surface area contributed by atoms with Crippen LogP contribution in [0.5, 0.6) is 0 Å². The van der Waals surface area contributed by atoms with Crippen molar-refractivity contribution in [1.82, 2.24) is 20.1 Å². The molecule has 3 rings (SSSR count). The third-order valence-corrected chi connectivity index (χ3v) is 4.04. The van der Waals surface area contributed by atoms with Crippen LogP contribution in [0.4, 0.5) is 10.5 Å². The number of ether oxygens (including phenoxy) is 1. The summed E-state index contributed by atoms with van der Waals surface area (Å²) in [6.45, 7) is 5.59. The van der Waals surface area contributed by atoms with Crippen LogP contribution in [0.25, 0.3) is 5.82 Å². The minimum atomic E-state index is -0.491. The average molecular weight is 343 g/mol. The number of alkyl carbamates (subject to hydrolysis) is 1. The number of hydrogen-bond acceptors (Lipinski definition) is 5. The van der Waals surface area contributed by atoms with E-state index in [9.17, 15) is 4.79 Å². The second kappa shape index (κ2) is 7.13. The number of hydrogen-bond donors (Lipinski definition) is 2. The molecule has 25 heavy (non-hydrogen) atoms. The summed E-state index contributed by atoms with van der Waals surface area (Å²) < 4.78 is 7.09. The Morgan fingerprint density at radius 3 is 2.80 bits per heavy atom. The number of pyridine rings is 1. The molecule has 1 amide bonds. The van der Waals surface area contributed by atoms with Gasteiger partial charge in [-0.15, -0.1) is 0 Å². The lowest BCUT2D eigenvalue weighted by atomic mass is 10.1. The third kappa shape index (κ3) is 4.71. The molecule has 0 aliphatic heterocycles. The van der Waals surface area contributed by atoms with Gasteiger partial charge < -0.3 is 15.4 Å². The summed E-state index contributed by atoms with van der Waals surface area (Å²) in [7, 11) is 0. The Morgan fingerprint density at radius 1 is 1.28 bits per heavy atom. The van der Waals surface area contributed by atoms with Crippen LogP contribution in [0, 0.1) is 0 Å². The summed E-state index contributed by atoms with van der Waals surface area (Å²) in [5.41, 5.74) is 0.420. The van der Waals surface area contributed by atoms with Crippen molar-refractivity contribution >= 4 is 11.8 Å². The highest BCUT2D eigenvalue weighted by Crippen LogP contribution is 2.24. The minimum Gasteiger partial charge on any atom is -0.444 e. The molecule has 1 aliphatic rings. The van der Waals surface area contributed by atoms with E-state index >= 15 is 0 Å². The fourth-order valence-corrected chi connectivity index (χ4v) is 2.99. The van der Waals surface area contributed by atoms with Crippen molar-refractivity contribution in [3.63, 3.8) is 0 Å². The number of carbonyl (C=O) groups is 1. The van der Waals surface area contributed by atoms with Crippen LogP contribution in [-0.4, -0.2) is 38.5 Å². The molecule has 134 valence electrons. The largest absolute Gasteiger partial charge is 0.444 e. The summed E-state index contributed by atoms with van der Waals surface area (Å²) >= 11 is 0. The first-order valence-corrected chi connectivity index (χ1v) is 8.63. The van der Waals surface area contributed by atoms with Gasteiger partial charge in [-0.2, -0.15) is 5.10 Å². The Bertz CT molecular complexity index is 708. The molecule has 2 aromatic rings. The van der Waals surface area contributed by atoms with Crippen molar-refractivity contribution in [2.24, 2.45) is 0 Å². The molecule has 2 unspecified atom stereocenters. The van der Waals surface area contributed by atoms with Crippen molar-refractivity contribution in [3.8, 4) is 5.82 Å². The van der Waals surface area contributed by atoms with Crippen molar-refractivity contribution < 1.29 is 9.53 Å². The van der Waals surface area contributed by atoms with Crippen molar-refractivity contribution in [2.45, 2.75) is 57.7 Å². The first kappa shape index (κ1) is 17.3. The van der Waals surface area contributed by atoms with Crippen LogP contribution in [0.3, 0.4) is 0 Å². The molecule has 2 N–H and O–H groups in total. The van der Waals surface area contributed by atoms with E-state index in [-0.39, 0.29) is 18.2 Å². The van der Waals surface area contributed by atoms with Crippen LogP contribution in [0.15, 0.2) is 36.8 Å². The van der Waals surface area contributed by atoms with Gasteiger partial charge in [0.2, 0.25) is 0 Å². The first-order valence-electron chi connectivity index (χ1n) is 8.63. The molecule has 0 radical (unpaired) electrons. The molecule has 0 aromatic carbocycles. The van der Waals surface area contributed by atoms with Gasteiger partial charge in [-0.1, -0.05) is 6.07 Å². The normalized spacial score (nSPS) is 20.3. The first-order chi connectivity index (χ1) is 11.9. The Labute approximate surface area is 147 Å². The summed E-state index contributed by atoms with van der Waals surface area (Å²) in [4.78, 5) is 16.3. The fraction of sp³-hybridized carbons (Fsp3) is 0.500. The standard InChI is InChI=1S/C18H25N5O2/c1-18(2,3)25-17(24)22-15-8-6-7-14(15)21-13-11-20-23(12-13)16-9-4-5-10-19-16/h4-5,9-12,14-15,21H,6-8H2,1-3H3,(H,22,24). The van der Waals surface area contributed by atoms with Crippen molar-refractivity contribution in [2.75, 3.05) is 5.32 Å². The zero-order valence-electron chi connectivity index (χ0n) is 14.9. The molecule has 7 nitrogen and oxygen atoms in total. The number of carbonyl (C=O) groups excluding carboxylic acids is 1. The van der Waals surface area contributed by atoms with E-state index in [0.29, 0.717) is 0 Å². The van der Waals surface area contributed by atoms with Gasteiger partial charge in [0.05, 0.1) is 24.1 Å². The molecule has 7 heteroatoms. The van der Waals surface area contributed by atoms with E-state index in [0.717, 1.165) is 30.8 Å². The smallest absolute Gasteiger partial charge is 0.407 e. The second-order valence-electron chi connectivity index (χ2n) is 7.30. The minimum absolute atomic E-state index is 0.0491.